The summed E-state index contributed by atoms with van der Waals surface area (Å²) < 4.78 is 0. The number of rotatable bonds is 3. The molecule has 1 aliphatic rings. The molecule has 4 atom stereocenters. The largest absolute Gasteiger partial charge is 0.387 e. The van der Waals surface area contributed by atoms with Crippen LogP contribution in [-0.2, 0) is 0 Å². The minimum Gasteiger partial charge on any atom is -0.387 e. The van der Waals surface area contributed by atoms with E-state index in [0.29, 0.717) is 18.4 Å². The van der Waals surface area contributed by atoms with E-state index in [1.54, 1.807) is 0 Å². The molecule has 1 aromatic heterocycles. The maximum Gasteiger partial charge on any atom is 0.0957 e. The van der Waals surface area contributed by atoms with E-state index in [1.807, 2.05) is 19.2 Å². The third-order valence-electron chi connectivity index (χ3n) is 4.43. The molecule has 1 N–H and O–H groups in total. The predicted octanol–water partition coefficient (Wildman–Crippen LogP) is 3.40. The van der Waals surface area contributed by atoms with E-state index in [0.717, 1.165) is 18.2 Å². The molecule has 1 aliphatic heterocycles. The van der Waals surface area contributed by atoms with Crippen LogP contribution >= 0.6 is 0 Å². The fraction of sp³-hybridized carbons (Fsp3) is 0.688. The Morgan fingerprint density at radius 3 is 2.68 bits per heavy atom. The number of pyridine rings is 1. The van der Waals surface area contributed by atoms with Crippen LogP contribution in [0.4, 0.5) is 5.69 Å². The number of aliphatic hydroxyl groups excluding tert-OH is 1. The van der Waals surface area contributed by atoms with Crippen molar-refractivity contribution < 1.29 is 5.11 Å². The summed E-state index contributed by atoms with van der Waals surface area (Å²) in [5.41, 5.74) is 1.95. The van der Waals surface area contributed by atoms with Gasteiger partial charge in [0.2, 0.25) is 0 Å². The van der Waals surface area contributed by atoms with Gasteiger partial charge in [-0.2, -0.15) is 0 Å². The normalized spacial score (nSPS) is 29.3. The molecule has 106 valence electrons. The van der Waals surface area contributed by atoms with E-state index in [1.165, 1.54) is 12.1 Å². The van der Waals surface area contributed by atoms with Crippen molar-refractivity contribution in [2.75, 3.05) is 11.4 Å². The van der Waals surface area contributed by atoms with Crippen molar-refractivity contribution in [3.8, 4) is 0 Å². The summed E-state index contributed by atoms with van der Waals surface area (Å²) in [6, 6.07) is 4.61. The fourth-order valence-electron chi connectivity index (χ4n) is 3.03. The van der Waals surface area contributed by atoms with Crippen LogP contribution in [0.25, 0.3) is 0 Å². The quantitative estimate of drug-likeness (QED) is 0.907. The lowest BCUT2D eigenvalue weighted by Crippen LogP contribution is -2.45. The first-order valence-electron chi connectivity index (χ1n) is 7.43. The third kappa shape index (κ3) is 3.08. The molecule has 2 rings (SSSR count). The van der Waals surface area contributed by atoms with Crippen LogP contribution < -0.4 is 4.90 Å². The highest BCUT2D eigenvalue weighted by molar-refractivity contribution is 5.46. The summed E-state index contributed by atoms with van der Waals surface area (Å²) in [6.45, 7) is 10.0. The average molecular weight is 262 g/mol. The molecule has 3 unspecified atom stereocenters. The molecule has 3 heteroatoms. The van der Waals surface area contributed by atoms with Crippen LogP contribution in [0.3, 0.4) is 0 Å². The van der Waals surface area contributed by atoms with E-state index in [4.69, 9.17) is 0 Å². The summed E-state index contributed by atoms with van der Waals surface area (Å²) in [6.07, 6.45) is 3.49. The number of hydrogen-bond acceptors (Lipinski definition) is 3. The summed E-state index contributed by atoms with van der Waals surface area (Å²) in [4.78, 5) is 6.87. The Labute approximate surface area is 116 Å². The average Bonchev–Trinajstić information content (AvgIpc) is 2.42. The van der Waals surface area contributed by atoms with Crippen LogP contribution in [0.2, 0.25) is 0 Å². The van der Waals surface area contributed by atoms with Crippen LogP contribution in [0.1, 0.15) is 52.3 Å². The van der Waals surface area contributed by atoms with Gasteiger partial charge < -0.3 is 10.0 Å². The van der Waals surface area contributed by atoms with Gasteiger partial charge in [-0.15, -0.1) is 0 Å². The van der Waals surface area contributed by atoms with Gasteiger partial charge in [0, 0.05) is 12.6 Å². The zero-order valence-corrected chi connectivity index (χ0v) is 12.5. The maximum atomic E-state index is 9.79. The molecule has 0 amide bonds. The van der Waals surface area contributed by atoms with Gasteiger partial charge in [0.15, 0.2) is 0 Å². The monoisotopic (exact) mass is 262 g/mol. The van der Waals surface area contributed by atoms with E-state index >= 15 is 0 Å². The number of aromatic nitrogens is 1. The molecular formula is C16H26N2O. The predicted molar refractivity (Wildman–Crippen MR) is 79.2 cm³/mol. The number of nitrogens with zero attached hydrogens (tertiary/aromatic N) is 2. The van der Waals surface area contributed by atoms with E-state index in [9.17, 15) is 5.11 Å². The van der Waals surface area contributed by atoms with Gasteiger partial charge in [-0.25, -0.2) is 0 Å². The van der Waals surface area contributed by atoms with Gasteiger partial charge in [-0.1, -0.05) is 20.8 Å². The van der Waals surface area contributed by atoms with E-state index in [2.05, 4.69) is 36.7 Å². The lowest BCUT2D eigenvalue weighted by atomic mass is 9.86. The van der Waals surface area contributed by atoms with Gasteiger partial charge in [0.05, 0.1) is 23.7 Å². The molecule has 19 heavy (non-hydrogen) atoms. The Bertz CT molecular complexity index is 404. The second-order valence-electron chi connectivity index (χ2n) is 6.08. The molecule has 0 radical (unpaired) electrons. The zero-order valence-electron chi connectivity index (χ0n) is 12.5. The Balaban J connectivity index is 2.16. The van der Waals surface area contributed by atoms with Crippen LogP contribution in [0.15, 0.2) is 18.3 Å². The molecule has 2 heterocycles. The Kier molecular flexibility index (Phi) is 4.46. The molecule has 1 aromatic rings. The van der Waals surface area contributed by atoms with Gasteiger partial charge in [-0.3, -0.25) is 4.98 Å². The van der Waals surface area contributed by atoms with Crippen LogP contribution in [-0.4, -0.2) is 22.7 Å². The van der Waals surface area contributed by atoms with Crippen molar-refractivity contribution in [1.29, 1.82) is 0 Å². The van der Waals surface area contributed by atoms with Gasteiger partial charge in [0.25, 0.3) is 0 Å². The number of hydrogen-bond donors (Lipinski definition) is 1. The van der Waals surface area contributed by atoms with Crippen LogP contribution in [0, 0.1) is 11.8 Å². The van der Waals surface area contributed by atoms with Crippen LogP contribution in [0.5, 0.6) is 0 Å². The van der Waals surface area contributed by atoms with Crippen molar-refractivity contribution in [3.05, 3.63) is 24.0 Å². The SMILES string of the molecule is CC[C@H](O)c1ccc(N2CC(C)CC(C)C2C)cn1. The molecule has 1 fully saturated rings. The topological polar surface area (TPSA) is 36.4 Å². The smallest absolute Gasteiger partial charge is 0.0957 e. The number of aliphatic hydroxyl groups is 1. The summed E-state index contributed by atoms with van der Waals surface area (Å²) in [5, 5.41) is 9.79. The second kappa shape index (κ2) is 5.91. The molecule has 0 bridgehead atoms. The molecular weight excluding hydrogens is 236 g/mol. The van der Waals surface area contributed by atoms with Gasteiger partial charge >= 0.3 is 0 Å². The summed E-state index contributed by atoms with van der Waals surface area (Å²) in [5.74, 6) is 1.44. The molecule has 0 aromatic carbocycles. The van der Waals surface area contributed by atoms with Crippen molar-refractivity contribution in [2.45, 2.75) is 52.7 Å². The third-order valence-corrected chi connectivity index (χ3v) is 4.43. The highest BCUT2D eigenvalue weighted by atomic mass is 16.3. The standard InChI is InChI=1S/C16H26N2O/c1-5-16(19)15-7-6-14(9-17-15)18-10-11(2)8-12(3)13(18)4/h6-7,9,11-13,16,19H,5,8,10H2,1-4H3/t11?,12?,13?,16-/m0/s1. The molecule has 1 saturated heterocycles. The van der Waals surface area contributed by atoms with E-state index in [-0.39, 0.29) is 0 Å². The fourth-order valence-corrected chi connectivity index (χ4v) is 3.03. The number of piperidine rings is 1. The van der Waals surface area contributed by atoms with Crippen molar-refractivity contribution >= 4 is 5.69 Å². The van der Waals surface area contributed by atoms with Gasteiger partial charge in [-0.05, 0) is 43.7 Å². The molecule has 3 nitrogen and oxygen atoms in total. The van der Waals surface area contributed by atoms with Crippen molar-refractivity contribution in [2.24, 2.45) is 11.8 Å². The molecule has 0 saturated carbocycles. The Hall–Kier alpha value is -1.09. The first-order chi connectivity index (χ1) is 9.02. The van der Waals surface area contributed by atoms with Crippen molar-refractivity contribution in [3.63, 3.8) is 0 Å². The Morgan fingerprint density at radius 2 is 2.11 bits per heavy atom. The highest BCUT2D eigenvalue weighted by Crippen LogP contribution is 2.31. The first kappa shape index (κ1) is 14.3. The lowest BCUT2D eigenvalue weighted by Gasteiger charge is -2.42. The van der Waals surface area contributed by atoms with Crippen molar-refractivity contribution in [1.82, 2.24) is 4.98 Å². The lowest BCUT2D eigenvalue weighted by molar-refractivity contribution is 0.169. The minimum absolute atomic E-state index is 0.439. The van der Waals surface area contributed by atoms with E-state index < -0.39 is 6.10 Å². The summed E-state index contributed by atoms with van der Waals surface area (Å²) in [7, 11) is 0. The first-order valence-corrected chi connectivity index (χ1v) is 7.43. The second-order valence-corrected chi connectivity index (χ2v) is 6.08. The summed E-state index contributed by atoms with van der Waals surface area (Å²) >= 11 is 0. The highest BCUT2D eigenvalue weighted by Gasteiger charge is 2.29. The minimum atomic E-state index is -0.439. The molecule has 0 aliphatic carbocycles. The molecule has 0 spiro atoms. The Morgan fingerprint density at radius 1 is 1.37 bits per heavy atom. The number of anilines is 1. The maximum absolute atomic E-state index is 9.79. The zero-order chi connectivity index (χ0) is 14.0. The van der Waals surface area contributed by atoms with Gasteiger partial charge in [0.1, 0.15) is 0 Å².